The van der Waals surface area contributed by atoms with Crippen LogP contribution in [0.5, 0.6) is 0 Å². The van der Waals surface area contributed by atoms with Gasteiger partial charge in [0.25, 0.3) is 0 Å². The summed E-state index contributed by atoms with van der Waals surface area (Å²) in [5.41, 5.74) is 1.81. The van der Waals surface area contributed by atoms with Gasteiger partial charge in [0, 0.05) is 0 Å². The van der Waals surface area contributed by atoms with E-state index in [9.17, 15) is 4.79 Å². The lowest BCUT2D eigenvalue weighted by atomic mass is 10.1. The molecule has 0 heterocycles. The molecule has 1 aliphatic carbocycles. The maximum atomic E-state index is 11.8. The first kappa shape index (κ1) is 15.0. The zero-order chi connectivity index (χ0) is 14.2. The third-order valence-corrected chi connectivity index (χ3v) is 3.66. The zero-order valence-corrected chi connectivity index (χ0v) is 12.2. The van der Waals surface area contributed by atoms with Gasteiger partial charge in [0.1, 0.15) is 6.10 Å². The predicted octanol–water partition coefficient (Wildman–Crippen LogP) is 4.61. The van der Waals surface area contributed by atoms with Crippen LogP contribution in [0.2, 0.25) is 0 Å². The summed E-state index contributed by atoms with van der Waals surface area (Å²) in [5, 5.41) is 0. The van der Waals surface area contributed by atoms with Crippen LogP contribution in [-0.2, 0) is 16.2 Å². The van der Waals surface area contributed by atoms with Crippen molar-refractivity contribution in [3.05, 3.63) is 41.5 Å². The molecular weight excluding hydrogens is 252 g/mol. The molecule has 2 rings (SSSR count). The number of carbonyl (C=O) groups is 1. The largest absolute Gasteiger partial charge is 0.373 e. The Labute approximate surface area is 121 Å². The van der Waals surface area contributed by atoms with Gasteiger partial charge >= 0.3 is 5.97 Å². The molecule has 0 aromatic heterocycles. The monoisotopic (exact) mass is 275 g/mol. The maximum absolute atomic E-state index is 11.8. The smallest absolute Gasteiger partial charge is 0.292 e. The van der Waals surface area contributed by atoms with E-state index in [0.29, 0.717) is 5.56 Å². The Balaban J connectivity index is 1.77. The van der Waals surface area contributed by atoms with Gasteiger partial charge in [-0.2, -0.15) is 4.89 Å². The van der Waals surface area contributed by atoms with E-state index < -0.39 is 5.97 Å². The molecule has 0 saturated heterocycles. The fourth-order valence-electron chi connectivity index (χ4n) is 2.38. The zero-order valence-electron chi connectivity index (χ0n) is 12.2. The van der Waals surface area contributed by atoms with Crippen molar-refractivity contribution in [2.24, 2.45) is 0 Å². The minimum Gasteiger partial charge on any atom is -0.292 e. The quantitative estimate of drug-likeness (QED) is 0.414. The van der Waals surface area contributed by atoms with E-state index in [-0.39, 0.29) is 0 Å². The highest BCUT2D eigenvalue weighted by Crippen LogP contribution is 2.28. The van der Waals surface area contributed by atoms with E-state index in [1.165, 1.54) is 24.8 Å². The van der Waals surface area contributed by atoms with Gasteiger partial charge in [-0.05, 0) is 43.4 Å². The van der Waals surface area contributed by atoms with Crippen molar-refractivity contribution < 1.29 is 14.6 Å². The predicted molar refractivity (Wildman–Crippen MR) is 77.9 cm³/mol. The lowest BCUT2D eigenvalue weighted by Gasteiger charge is -2.08. The molecule has 0 N–H and O–H groups in total. The molecule has 1 saturated carbocycles. The molecule has 1 aromatic rings. The standard InChI is InChI=1S/C17H23O3/c1-2-3-4-7-14-10-12-15(13-11-14)17(18)20-19-16-8-5-6-9-16/h10-13H,2-9H2,1H3. The fourth-order valence-corrected chi connectivity index (χ4v) is 2.38. The molecule has 109 valence electrons. The van der Waals surface area contributed by atoms with Crippen LogP contribution in [0.1, 0.15) is 67.8 Å². The Morgan fingerprint density at radius 1 is 1.10 bits per heavy atom. The fraction of sp³-hybridized carbons (Fsp3) is 0.529. The molecule has 1 radical (unpaired) electrons. The van der Waals surface area contributed by atoms with Gasteiger partial charge in [-0.25, -0.2) is 4.79 Å². The molecule has 0 atom stereocenters. The van der Waals surface area contributed by atoms with Crippen LogP contribution >= 0.6 is 0 Å². The molecule has 3 nitrogen and oxygen atoms in total. The van der Waals surface area contributed by atoms with Crippen molar-refractivity contribution in [1.29, 1.82) is 0 Å². The van der Waals surface area contributed by atoms with Crippen molar-refractivity contribution in [3.8, 4) is 0 Å². The van der Waals surface area contributed by atoms with Crippen LogP contribution < -0.4 is 0 Å². The average Bonchev–Trinajstić information content (AvgIpc) is 2.99. The third-order valence-electron chi connectivity index (χ3n) is 3.66. The summed E-state index contributed by atoms with van der Waals surface area (Å²) in [6.07, 6.45) is 9.68. The molecular formula is C17H23O3. The van der Waals surface area contributed by atoms with E-state index in [1.807, 2.05) is 24.3 Å². The summed E-state index contributed by atoms with van der Waals surface area (Å²) in [5.74, 6) is -0.412. The molecule has 0 aliphatic heterocycles. The Bertz CT molecular complexity index is 405. The third kappa shape index (κ3) is 4.64. The Morgan fingerprint density at radius 2 is 1.80 bits per heavy atom. The number of carbonyl (C=O) groups excluding carboxylic acids is 1. The molecule has 1 fully saturated rings. The van der Waals surface area contributed by atoms with E-state index in [4.69, 9.17) is 9.78 Å². The lowest BCUT2D eigenvalue weighted by molar-refractivity contribution is -0.234. The van der Waals surface area contributed by atoms with E-state index >= 15 is 0 Å². The highest BCUT2D eigenvalue weighted by Gasteiger charge is 2.20. The van der Waals surface area contributed by atoms with Gasteiger partial charge in [-0.15, -0.1) is 0 Å². The number of unbranched alkanes of at least 4 members (excludes halogenated alkanes) is 2. The minimum absolute atomic E-state index is 0.412. The average molecular weight is 275 g/mol. The Hall–Kier alpha value is -1.35. The summed E-state index contributed by atoms with van der Waals surface area (Å²) in [4.78, 5) is 21.8. The second-order valence-corrected chi connectivity index (χ2v) is 5.35. The van der Waals surface area contributed by atoms with Crippen molar-refractivity contribution in [3.63, 3.8) is 0 Å². The molecule has 1 aromatic carbocycles. The summed E-state index contributed by atoms with van der Waals surface area (Å²) >= 11 is 0. The molecule has 0 amide bonds. The van der Waals surface area contributed by atoms with Crippen LogP contribution in [-0.4, -0.2) is 5.97 Å². The van der Waals surface area contributed by atoms with E-state index in [1.54, 1.807) is 0 Å². The topological polar surface area (TPSA) is 35.5 Å². The normalized spacial score (nSPS) is 15.4. The van der Waals surface area contributed by atoms with Crippen molar-refractivity contribution in [2.75, 3.05) is 0 Å². The van der Waals surface area contributed by atoms with Gasteiger partial charge in [-0.1, -0.05) is 44.7 Å². The molecule has 20 heavy (non-hydrogen) atoms. The van der Waals surface area contributed by atoms with Gasteiger partial charge in [0.15, 0.2) is 0 Å². The molecule has 1 aliphatic rings. The van der Waals surface area contributed by atoms with E-state index in [2.05, 4.69) is 6.92 Å². The van der Waals surface area contributed by atoms with Gasteiger partial charge in [-0.3, -0.25) is 4.89 Å². The summed E-state index contributed by atoms with van der Waals surface area (Å²) < 4.78 is 0. The second kappa shape index (κ2) is 8.05. The number of hydrogen-bond donors (Lipinski definition) is 0. The first-order valence-corrected chi connectivity index (χ1v) is 7.62. The SMILES string of the molecule is CCCCCc1ccc(C(=O)OO[C]2CCCC2)cc1. The maximum Gasteiger partial charge on any atom is 0.373 e. The highest BCUT2D eigenvalue weighted by molar-refractivity contribution is 5.88. The molecule has 3 heteroatoms. The van der Waals surface area contributed by atoms with Crippen LogP contribution in [0.15, 0.2) is 24.3 Å². The van der Waals surface area contributed by atoms with Gasteiger partial charge in [0.2, 0.25) is 0 Å². The van der Waals surface area contributed by atoms with Crippen LogP contribution in [0.25, 0.3) is 0 Å². The number of rotatable bonds is 7. The van der Waals surface area contributed by atoms with Crippen LogP contribution in [0, 0.1) is 6.10 Å². The van der Waals surface area contributed by atoms with Crippen LogP contribution in [0.3, 0.4) is 0 Å². The first-order chi connectivity index (χ1) is 9.79. The highest BCUT2D eigenvalue weighted by atomic mass is 17.2. The molecule has 0 unspecified atom stereocenters. The Kier molecular flexibility index (Phi) is 6.06. The summed E-state index contributed by atoms with van der Waals surface area (Å²) in [7, 11) is 0. The number of aryl methyl sites for hydroxylation is 1. The molecule has 0 bridgehead atoms. The number of benzene rings is 1. The summed E-state index contributed by atoms with van der Waals surface area (Å²) in [6, 6.07) is 7.61. The van der Waals surface area contributed by atoms with Crippen LogP contribution in [0.4, 0.5) is 0 Å². The summed E-state index contributed by atoms with van der Waals surface area (Å²) in [6.45, 7) is 2.20. The van der Waals surface area contributed by atoms with Crippen molar-refractivity contribution in [1.82, 2.24) is 0 Å². The first-order valence-electron chi connectivity index (χ1n) is 7.62. The lowest BCUT2D eigenvalue weighted by Crippen LogP contribution is -2.08. The van der Waals surface area contributed by atoms with E-state index in [0.717, 1.165) is 38.2 Å². The minimum atomic E-state index is -0.412. The van der Waals surface area contributed by atoms with Gasteiger partial charge in [0.05, 0.1) is 5.56 Å². The van der Waals surface area contributed by atoms with Gasteiger partial charge < -0.3 is 0 Å². The molecule has 0 spiro atoms. The second-order valence-electron chi connectivity index (χ2n) is 5.35. The van der Waals surface area contributed by atoms with Crippen molar-refractivity contribution in [2.45, 2.75) is 58.3 Å². The Morgan fingerprint density at radius 3 is 2.45 bits per heavy atom. The van der Waals surface area contributed by atoms with Crippen molar-refractivity contribution >= 4 is 5.97 Å². The number of hydrogen-bond acceptors (Lipinski definition) is 3.